The van der Waals surface area contributed by atoms with Crippen LogP contribution in [0.25, 0.3) is 11.2 Å². The SMILES string of the molecule is CCCc1nc2nc(Cl)n(C)c(=O)c2[nH]1. The fourth-order valence-corrected chi connectivity index (χ4v) is 1.57. The molecule has 2 heterocycles. The third-order valence-corrected chi connectivity index (χ3v) is 2.55. The largest absolute Gasteiger partial charge is 0.336 e. The molecule has 0 aliphatic heterocycles. The van der Waals surface area contributed by atoms with Crippen LogP contribution in [-0.4, -0.2) is 19.5 Å². The first kappa shape index (κ1) is 10.2. The number of nitrogens with zero attached hydrogens (tertiary/aromatic N) is 3. The Bertz CT molecular complexity index is 557. The molecule has 0 atom stereocenters. The van der Waals surface area contributed by atoms with Crippen molar-refractivity contribution >= 4 is 22.8 Å². The Labute approximate surface area is 91.1 Å². The third kappa shape index (κ3) is 1.63. The van der Waals surface area contributed by atoms with E-state index in [4.69, 9.17) is 11.6 Å². The summed E-state index contributed by atoms with van der Waals surface area (Å²) in [4.78, 5) is 22.9. The first-order valence-corrected chi connectivity index (χ1v) is 5.12. The molecular weight excluding hydrogens is 216 g/mol. The van der Waals surface area contributed by atoms with Gasteiger partial charge in [0.2, 0.25) is 5.28 Å². The van der Waals surface area contributed by atoms with E-state index in [2.05, 4.69) is 15.0 Å². The summed E-state index contributed by atoms with van der Waals surface area (Å²) in [5.74, 6) is 0.777. The molecular formula is C9H11ClN4O. The van der Waals surface area contributed by atoms with Crippen LogP contribution >= 0.6 is 11.6 Å². The maximum Gasteiger partial charge on any atom is 0.280 e. The Morgan fingerprint density at radius 1 is 1.47 bits per heavy atom. The molecule has 2 aromatic heterocycles. The van der Waals surface area contributed by atoms with Crippen LogP contribution in [0.2, 0.25) is 5.28 Å². The summed E-state index contributed by atoms with van der Waals surface area (Å²) in [6.07, 6.45) is 1.77. The van der Waals surface area contributed by atoms with Gasteiger partial charge in [0, 0.05) is 13.5 Å². The molecule has 0 bridgehead atoms. The molecule has 0 aromatic carbocycles. The predicted molar refractivity (Wildman–Crippen MR) is 58.1 cm³/mol. The molecule has 5 nitrogen and oxygen atoms in total. The van der Waals surface area contributed by atoms with Gasteiger partial charge in [-0.15, -0.1) is 0 Å². The van der Waals surface area contributed by atoms with E-state index in [-0.39, 0.29) is 10.8 Å². The molecule has 0 fully saturated rings. The third-order valence-electron chi connectivity index (χ3n) is 2.21. The van der Waals surface area contributed by atoms with Crippen LogP contribution < -0.4 is 5.56 Å². The fourth-order valence-electron chi connectivity index (χ4n) is 1.41. The van der Waals surface area contributed by atoms with Crippen molar-refractivity contribution in [1.29, 1.82) is 0 Å². The van der Waals surface area contributed by atoms with E-state index in [1.54, 1.807) is 7.05 Å². The van der Waals surface area contributed by atoms with Crippen molar-refractivity contribution in [3.05, 3.63) is 21.5 Å². The van der Waals surface area contributed by atoms with Crippen molar-refractivity contribution in [2.75, 3.05) is 0 Å². The van der Waals surface area contributed by atoms with Crippen molar-refractivity contribution in [1.82, 2.24) is 19.5 Å². The predicted octanol–water partition coefficient (Wildman–Crippen LogP) is 1.26. The van der Waals surface area contributed by atoms with Gasteiger partial charge < -0.3 is 4.98 Å². The highest BCUT2D eigenvalue weighted by molar-refractivity contribution is 6.28. The van der Waals surface area contributed by atoms with Gasteiger partial charge in [-0.3, -0.25) is 9.36 Å². The van der Waals surface area contributed by atoms with Crippen LogP contribution in [0.4, 0.5) is 0 Å². The smallest absolute Gasteiger partial charge is 0.280 e. The van der Waals surface area contributed by atoms with Gasteiger partial charge in [0.1, 0.15) is 5.82 Å². The van der Waals surface area contributed by atoms with Gasteiger partial charge in [0.15, 0.2) is 11.2 Å². The Balaban J connectivity index is 2.71. The summed E-state index contributed by atoms with van der Waals surface area (Å²) in [6, 6.07) is 0. The number of aryl methyl sites for hydroxylation is 1. The summed E-state index contributed by atoms with van der Waals surface area (Å²) < 4.78 is 1.29. The lowest BCUT2D eigenvalue weighted by Crippen LogP contribution is -2.18. The summed E-state index contributed by atoms with van der Waals surface area (Å²) in [5.41, 5.74) is 0.622. The fraction of sp³-hybridized carbons (Fsp3) is 0.444. The normalized spacial score (nSPS) is 11.1. The lowest BCUT2D eigenvalue weighted by molar-refractivity contribution is 0.840. The standard InChI is InChI=1S/C9H11ClN4O/c1-3-4-5-11-6-7(12-5)13-9(10)14(2)8(6)15/h3-4H2,1-2H3,(H,11,12). The number of fused-ring (bicyclic) bond motifs is 1. The number of aromatic nitrogens is 4. The molecule has 0 saturated carbocycles. The molecule has 1 N–H and O–H groups in total. The zero-order valence-corrected chi connectivity index (χ0v) is 9.30. The van der Waals surface area contributed by atoms with Gasteiger partial charge in [-0.25, -0.2) is 4.98 Å². The number of imidazole rings is 1. The van der Waals surface area contributed by atoms with E-state index in [1.807, 2.05) is 6.92 Å². The molecule has 80 valence electrons. The Morgan fingerprint density at radius 2 is 2.20 bits per heavy atom. The van der Waals surface area contributed by atoms with Crippen LogP contribution in [0.15, 0.2) is 4.79 Å². The number of hydrogen-bond acceptors (Lipinski definition) is 3. The quantitative estimate of drug-likeness (QED) is 0.785. The molecule has 15 heavy (non-hydrogen) atoms. The number of H-pyrrole nitrogens is 1. The minimum absolute atomic E-state index is 0.155. The van der Waals surface area contributed by atoms with Gasteiger partial charge >= 0.3 is 0 Å². The molecule has 0 unspecified atom stereocenters. The maximum absolute atomic E-state index is 11.7. The number of hydrogen-bond donors (Lipinski definition) is 1. The summed E-state index contributed by atoms with van der Waals surface area (Å²) in [5, 5.41) is 0.155. The van der Waals surface area contributed by atoms with Gasteiger partial charge in [-0.1, -0.05) is 6.92 Å². The zero-order chi connectivity index (χ0) is 11.0. The van der Waals surface area contributed by atoms with Crippen molar-refractivity contribution in [2.24, 2.45) is 7.05 Å². The first-order valence-electron chi connectivity index (χ1n) is 4.74. The van der Waals surface area contributed by atoms with E-state index in [0.717, 1.165) is 18.7 Å². The average molecular weight is 227 g/mol. The molecule has 2 rings (SSSR count). The molecule has 0 radical (unpaired) electrons. The van der Waals surface area contributed by atoms with Gasteiger partial charge in [-0.05, 0) is 18.0 Å². The lowest BCUT2D eigenvalue weighted by Gasteiger charge is -1.97. The minimum atomic E-state index is -0.195. The minimum Gasteiger partial charge on any atom is -0.336 e. The maximum atomic E-state index is 11.7. The number of aromatic amines is 1. The Morgan fingerprint density at radius 3 is 2.87 bits per heavy atom. The number of nitrogens with one attached hydrogen (secondary N) is 1. The van der Waals surface area contributed by atoms with E-state index < -0.39 is 0 Å². The van der Waals surface area contributed by atoms with E-state index in [1.165, 1.54) is 4.57 Å². The molecule has 0 spiro atoms. The summed E-state index contributed by atoms with van der Waals surface area (Å²) in [6.45, 7) is 2.05. The second-order valence-corrected chi connectivity index (χ2v) is 3.72. The number of halogens is 1. The topological polar surface area (TPSA) is 63.6 Å². The highest BCUT2D eigenvalue weighted by Gasteiger charge is 2.10. The summed E-state index contributed by atoms with van der Waals surface area (Å²) >= 11 is 5.78. The molecule has 0 aliphatic carbocycles. The van der Waals surface area contributed by atoms with E-state index in [9.17, 15) is 4.79 Å². The van der Waals surface area contributed by atoms with Crippen LogP contribution in [0.1, 0.15) is 19.2 Å². The first-order chi connectivity index (χ1) is 7.13. The van der Waals surface area contributed by atoms with Crippen LogP contribution in [-0.2, 0) is 13.5 Å². The van der Waals surface area contributed by atoms with Gasteiger partial charge in [-0.2, -0.15) is 4.98 Å². The molecule has 6 heteroatoms. The van der Waals surface area contributed by atoms with Gasteiger partial charge in [0.25, 0.3) is 5.56 Å². The number of rotatable bonds is 2. The van der Waals surface area contributed by atoms with Crippen molar-refractivity contribution < 1.29 is 0 Å². The van der Waals surface area contributed by atoms with Crippen LogP contribution in [0.3, 0.4) is 0 Å². The summed E-state index contributed by atoms with van der Waals surface area (Å²) in [7, 11) is 1.58. The molecule has 2 aromatic rings. The zero-order valence-electron chi connectivity index (χ0n) is 8.54. The van der Waals surface area contributed by atoms with Gasteiger partial charge in [0.05, 0.1) is 0 Å². The van der Waals surface area contributed by atoms with Crippen LogP contribution in [0.5, 0.6) is 0 Å². The Hall–Kier alpha value is -1.36. The molecule has 0 amide bonds. The second kappa shape index (κ2) is 3.66. The van der Waals surface area contributed by atoms with Crippen molar-refractivity contribution in [3.8, 4) is 0 Å². The lowest BCUT2D eigenvalue weighted by atomic mass is 10.3. The highest BCUT2D eigenvalue weighted by atomic mass is 35.5. The van der Waals surface area contributed by atoms with Crippen molar-refractivity contribution in [2.45, 2.75) is 19.8 Å². The van der Waals surface area contributed by atoms with E-state index in [0.29, 0.717) is 11.2 Å². The monoisotopic (exact) mass is 226 g/mol. The van der Waals surface area contributed by atoms with E-state index >= 15 is 0 Å². The highest BCUT2D eigenvalue weighted by Crippen LogP contribution is 2.09. The van der Waals surface area contributed by atoms with Crippen LogP contribution in [0, 0.1) is 0 Å². The Kier molecular flexibility index (Phi) is 2.48. The molecule has 0 saturated heterocycles. The van der Waals surface area contributed by atoms with Crippen molar-refractivity contribution in [3.63, 3.8) is 0 Å². The molecule has 0 aliphatic rings. The average Bonchev–Trinajstić information content (AvgIpc) is 2.58. The second-order valence-electron chi connectivity index (χ2n) is 3.38.